The van der Waals surface area contributed by atoms with Gasteiger partial charge in [-0.25, -0.2) is 9.59 Å². The molecule has 0 spiro atoms. The van der Waals surface area contributed by atoms with Crippen LogP contribution in [0.5, 0.6) is 0 Å². The lowest BCUT2D eigenvalue weighted by Gasteiger charge is -2.37. The van der Waals surface area contributed by atoms with Crippen LogP contribution in [0.25, 0.3) is 11.0 Å². The van der Waals surface area contributed by atoms with E-state index in [-0.39, 0.29) is 12.2 Å². The number of aryl methyl sites for hydroxylation is 2. The van der Waals surface area contributed by atoms with E-state index in [1.807, 2.05) is 30.3 Å². The molecule has 3 heterocycles. The number of benzene rings is 2. The van der Waals surface area contributed by atoms with Gasteiger partial charge in [0.2, 0.25) is 0 Å². The van der Waals surface area contributed by atoms with E-state index in [1.54, 1.807) is 0 Å². The summed E-state index contributed by atoms with van der Waals surface area (Å²) >= 11 is 2.07. The molecule has 7 heteroatoms. The minimum Gasteiger partial charge on any atom is -0.445 e. The number of hydrogen-bond acceptors (Lipinski definition) is 5. The number of carbonyl (C=O) groups excluding carboxylic acids is 1. The van der Waals surface area contributed by atoms with Crippen molar-refractivity contribution in [1.29, 1.82) is 0 Å². The summed E-state index contributed by atoms with van der Waals surface area (Å²) in [4.78, 5) is 27.2. The summed E-state index contributed by atoms with van der Waals surface area (Å²) in [5, 5.41) is 3.82. The van der Waals surface area contributed by atoms with E-state index >= 15 is 0 Å². The van der Waals surface area contributed by atoms with Gasteiger partial charge < -0.3 is 19.4 Å². The summed E-state index contributed by atoms with van der Waals surface area (Å²) in [6.45, 7) is 2.76. The third-order valence-corrected chi connectivity index (χ3v) is 7.39. The van der Waals surface area contributed by atoms with E-state index in [2.05, 4.69) is 38.9 Å². The average Bonchev–Trinajstić information content (AvgIpc) is 2.82. The van der Waals surface area contributed by atoms with E-state index in [9.17, 15) is 9.59 Å². The number of nitrogens with one attached hydrogen (secondary N) is 1. The lowest BCUT2D eigenvalue weighted by molar-refractivity contribution is 0.140. The van der Waals surface area contributed by atoms with Crippen LogP contribution in [0.3, 0.4) is 0 Å². The molecule has 0 saturated carbocycles. The van der Waals surface area contributed by atoms with Gasteiger partial charge in [-0.1, -0.05) is 30.3 Å². The Labute approximate surface area is 200 Å². The Hall–Kier alpha value is -2.55. The van der Waals surface area contributed by atoms with Crippen LogP contribution in [-0.4, -0.2) is 25.7 Å². The number of fused-ring (bicyclic) bond motifs is 2. The van der Waals surface area contributed by atoms with Crippen molar-refractivity contribution in [2.45, 2.75) is 38.7 Å². The van der Waals surface area contributed by atoms with Crippen LogP contribution in [0.15, 0.2) is 45.6 Å². The highest BCUT2D eigenvalue weighted by atomic mass is 127. The molecule has 2 aliphatic heterocycles. The molecule has 0 unspecified atom stereocenters. The van der Waals surface area contributed by atoms with Crippen molar-refractivity contribution >= 4 is 45.3 Å². The number of anilines is 1. The normalized spacial score (nSPS) is 14.8. The van der Waals surface area contributed by atoms with E-state index in [4.69, 9.17) is 9.15 Å². The summed E-state index contributed by atoms with van der Waals surface area (Å²) < 4.78 is 11.7. The second-order valence-electron chi connectivity index (χ2n) is 8.35. The fourth-order valence-electron chi connectivity index (χ4n) is 4.86. The molecule has 0 saturated heterocycles. The Bertz CT molecular complexity index is 1220. The van der Waals surface area contributed by atoms with E-state index in [1.165, 1.54) is 16.8 Å². The predicted molar refractivity (Wildman–Crippen MR) is 132 cm³/mol. The first-order valence-corrected chi connectivity index (χ1v) is 12.2. The molecule has 0 aliphatic carbocycles. The molecule has 5 rings (SSSR count). The van der Waals surface area contributed by atoms with Crippen LogP contribution in [0.4, 0.5) is 10.5 Å². The highest BCUT2D eigenvalue weighted by Gasteiger charge is 2.28. The monoisotopic (exact) mass is 544 g/mol. The van der Waals surface area contributed by atoms with Crippen molar-refractivity contribution in [2.24, 2.45) is 0 Å². The third kappa shape index (κ3) is 4.10. The minimum absolute atomic E-state index is 0.230. The van der Waals surface area contributed by atoms with Crippen molar-refractivity contribution in [3.63, 3.8) is 0 Å². The lowest BCUT2D eigenvalue weighted by Crippen LogP contribution is -2.34. The fraction of sp³-hybridized carbons (Fsp3) is 0.360. The van der Waals surface area contributed by atoms with Crippen molar-refractivity contribution in [1.82, 2.24) is 5.32 Å². The van der Waals surface area contributed by atoms with Gasteiger partial charge in [-0.15, -0.1) is 0 Å². The Morgan fingerprint density at radius 1 is 1.16 bits per heavy atom. The Kier molecular flexibility index (Phi) is 6.08. The topological polar surface area (TPSA) is 71.8 Å². The van der Waals surface area contributed by atoms with E-state index in [0.717, 1.165) is 60.9 Å². The molecule has 2 aliphatic rings. The number of rotatable bonds is 5. The molecule has 0 radical (unpaired) electrons. The summed E-state index contributed by atoms with van der Waals surface area (Å²) in [6, 6.07) is 11.8. The molecule has 0 atom stereocenters. The maximum absolute atomic E-state index is 12.6. The number of amides is 1. The van der Waals surface area contributed by atoms with E-state index in [0.29, 0.717) is 16.5 Å². The first kappa shape index (κ1) is 21.3. The largest absolute Gasteiger partial charge is 0.445 e. The average molecular weight is 544 g/mol. The molecule has 1 N–H and O–H groups in total. The molecule has 32 heavy (non-hydrogen) atoms. The molecule has 1 amide bonds. The van der Waals surface area contributed by atoms with Crippen LogP contribution in [-0.2, 0) is 30.6 Å². The zero-order valence-corrected chi connectivity index (χ0v) is 19.9. The van der Waals surface area contributed by atoms with Crippen LogP contribution in [0.2, 0.25) is 0 Å². The van der Waals surface area contributed by atoms with Crippen molar-refractivity contribution in [2.75, 3.05) is 24.5 Å². The summed E-state index contributed by atoms with van der Waals surface area (Å²) in [5.41, 5.74) is 6.12. The van der Waals surface area contributed by atoms with Gasteiger partial charge in [0.1, 0.15) is 15.8 Å². The number of halogens is 1. The maximum atomic E-state index is 12.6. The molecule has 166 valence electrons. The van der Waals surface area contributed by atoms with Gasteiger partial charge in [0.15, 0.2) is 0 Å². The van der Waals surface area contributed by atoms with Gasteiger partial charge >= 0.3 is 11.7 Å². The standard InChI is InChI=1S/C25H25IN2O4/c26-21-18(10-11-27-25(30)31-15-16-6-2-1-3-7-16)20-14-17-8-4-12-28-13-5-9-19(22(17)28)23(20)32-24(21)29/h1-3,6-7,14H,4-5,8-13,15H2,(H,27,30). The van der Waals surface area contributed by atoms with Gasteiger partial charge in [-0.3, -0.25) is 0 Å². The zero-order chi connectivity index (χ0) is 22.1. The van der Waals surface area contributed by atoms with Crippen LogP contribution < -0.4 is 15.8 Å². The molecule has 3 aromatic rings. The molecule has 6 nitrogen and oxygen atoms in total. The summed E-state index contributed by atoms with van der Waals surface area (Å²) in [5.74, 6) is 0. The lowest BCUT2D eigenvalue weighted by atomic mass is 9.89. The predicted octanol–water partition coefficient (Wildman–Crippen LogP) is 4.57. The quantitative estimate of drug-likeness (QED) is 0.377. The number of nitrogens with zero attached hydrogens (tertiary/aromatic N) is 1. The second kappa shape index (κ2) is 9.13. The second-order valence-corrected chi connectivity index (χ2v) is 9.43. The number of alkyl carbamates (subject to hydrolysis) is 1. The zero-order valence-electron chi connectivity index (χ0n) is 17.8. The minimum atomic E-state index is -0.459. The van der Waals surface area contributed by atoms with Gasteiger partial charge in [-0.2, -0.15) is 0 Å². The smallest absolute Gasteiger partial charge is 0.407 e. The van der Waals surface area contributed by atoms with Crippen LogP contribution in [0.1, 0.15) is 35.1 Å². The molecular formula is C25H25IN2O4. The SMILES string of the molecule is O=C(NCCc1c(I)c(=O)oc2c3c4c(cc12)CCCN4CCC3)OCc1ccccc1. The Morgan fingerprint density at radius 3 is 2.75 bits per heavy atom. The number of hydrogen-bond donors (Lipinski definition) is 1. The van der Waals surface area contributed by atoms with Crippen molar-refractivity contribution in [3.05, 3.63) is 72.6 Å². The van der Waals surface area contributed by atoms with E-state index < -0.39 is 6.09 Å². The van der Waals surface area contributed by atoms with Gasteiger partial charge in [0.05, 0.1) is 0 Å². The molecule has 0 bridgehead atoms. The number of ether oxygens (including phenoxy) is 1. The summed E-state index contributed by atoms with van der Waals surface area (Å²) in [6.07, 6.45) is 4.29. The highest BCUT2D eigenvalue weighted by Crippen LogP contribution is 2.40. The maximum Gasteiger partial charge on any atom is 0.407 e. The van der Waals surface area contributed by atoms with Crippen LogP contribution >= 0.6 is 22.6 Å². The molecule has 1 aromatic heterocycles. The first-order chi connectivity index (χ1) is 15.6. The Morgan fingerprint density at radius 2 is 1.94 bits per heavy atom. The van der Waals surface area contributed by atoms with Gasteiger partial charge in [0, 0.05) is 36.3 Å². The highest BCUT2D eigenvalue weighted by molar-refractivity contribution is 14.1. The van der Waals surface area contributed by atoms with Gasteiger partial charge in [-0.05, 0) is 77.5 Å². The molecule has 0 fully saturated rings. The third-order valence-electron chi connectivity index (χ3n) is 6.29. The summed E-state index contributed by atoms with van der Waals surface area (Å²) in [7, 11) is 0. The molecular weight excluding hydrogens is 519 g/mol. The Balaban J connectivity index is 1.37. The first-order valence-electron chi connectivity index (χ1n) is 11.1. The fourth-order valence-corrected chi connectivity index (χ4v) is 5.53. The van der Waals surface area contributed by atoms with Gasteiger partial charge in [0.25, 0.3) is 0 Å². The van der Waals surface area contributed by atoms with Crippen molar-refractivity contribution < 1.29 is 13.9 Å². The van der Waals surface area contributed by atoms with Crippen molar-refractivity contribution in [3.8, 4) is 0 Å². The molecule has 2 aromatic carbocycles. The number of carbonyl (C=O) groups is 1. The van der Waals surface area contributed by atoms with Crippen LogP contribution in [0, 0.1) is 3.57 Å².